The lowest BCUT2D eigenvalue weighted by atomic mass is 9.82. The number of carbonyl (C=O) groups excluding carboxylic acids is 1. The first kappa shape index (κ1) is 26.6. The van der Waals surface area contributed by atoms with Gasteiger partial charge in [0, 0.05) is 18.3 Å². The third kappa shape index (κ3) is 5.89. The van der Waals surface area contributed by atoms with E-state index in [1.54, 1.807) is 48.5 Å². The number of nitrogens with two attached hydrogens (primary N) is 1. The molecule has 6 nitrogen and oxygen atoms in total. The Kier molecular flexibility index (Phi) is 7.29. The van der Waals surface area contributed by atoms with Gasteiger partial charge < -0.3 is 16.2 Å². The number of nitrogens with zero attached hydrogens (tertiary/aromatic N) is 2. The summed E-state index contributed by atoms with van der Waals surface area (Å²) in [7, 11) is 0. The standard InChI is InChI=1S/C30H29F3N4O2/c31-30(32,33)27-18-26(37(36-27)25-11-4-6-21(16-25)19-34)28(38)35-24-10-5-9-23(17-24)29(39,15-14-20-12-13-20)22-7-2-1-3-8-22/h1-11,16-18,20,39H,12-15,19,34H2,(H,35,38). The Bertz CT molecular complexity index is 1460. The Morgan fingerprint density at radius 1 is 0.974 bits per heavy atom. The van der Waals surface area contributed by atoms with E-state index in [0.717, 1.165) is 35.6 Å². The average Bonchev–Trinajstić information content (AvgIpc) is 3.66. The van der Waals surface area contributed by atoms with Gasteiger partial charge in [-0.05, 0) is 59.7 Å². The van der Waals surface area contributed by atoms with Gasteiger partial charge in [-0.25, -0.2) is 4.68 Å². The maximum atomic E-state index is 13.6. The molecule has 1 aliphatic carbocycles. The Morgan fingerprint density at radius 2 is 1.69 bits per heavy atom. The van der Waals surface area contributed by atoms with Crippen molar-refractivity contribution in [2.45, 2.75) is 44.0 Å². The van der Waals surface area contributed by atoms with Crippen LogP contribution in [0.2, 0.25) is 0 Å². The second kappa shape index (κ2) is 10.7. The minimum atomic E-state index is -4.74. The van der Waals surface area contributed by atoms with Gasteiger partial charge in [-0.2, -0.15) is 18.3 Å². The highest BCUT2D eigenvalue weighted by atomic mass is 19.4. The average molecular weight is 535 g/mol. The van der Waals surface area contributed by atoms with Crippen molar-refractivity contribution in [3.8, 4) is 5.69 Å². The maximum Gasteiger partial charge on any atom is 0.435 e. The first-order valence-electron chi connectivity index (χ1n) is 12.8. The molecule has 202 valence electrons. The molecular weight excluding hydrogens is 505 g/mol. The van der Waals surface area contributed by atoms with Gasteiger partial charge in [0.2, 0.25) is 0 Å². The SMILES string of the molecule is NCc1cccc(-n2nc(C(F)(F)F)cc2C(=O)Nc2cccc(C(O)(CCC3CC3)c3ccccc3)c2)c1. The summed E-state index contributed by atoms with van der Waals surface area (Å²) in [5, 5.41) is 18.3. The molecule has 5 rings (SSSR count). The molecule has 0 bridgehead atoms. The zero-order valence-electron chi connectivity index (χ0n) is 21.2. The normalized spacial score (nSPS) is 15.1. The highest BCUT2D eigenvalue weighted by Gasteiger charge is 2.37. The van der Waals surface area contributed by atoms with Crippen LogP contribution in [0.5, 0.6) is 0 Å². The highest BCUT2D eigenvalue weighted by molar-refractivity contribution is 6.03. The van der Waals surface area contributed by atoms with Crippen molar-refractivity contribution < 1.29 is 23.1 Å². The number of benzene rings is 3. The third-order valence-electron chi connectivity index (χ3n) is 7.08. The summed E-state index contributed by atoms with van der Waals surface area (Å²) in [5.74, 6) is -0.168. The molecule has 9 heteroatoms. The van der Waals surface area contributed by atoms with Crippen LogP contribution in [-0.4, -0.2) is 20.8 Å². The second-order valence-corrected chi connectivity index (χ2v) is 9.94. The van der Waals surface area contributed by atoms with E-state index >= 15 is 0 Å². The van der Waals surface area contributed by atoms with Crippen molar-refractivity contribution in [1.29, 1.82) is 0 Å². The molecule has 1 aromatic heterocycles. The topological polar surface area (TPSA) is 93.2 Å². The Labute approximate surface area is 224 Å². The van der Waals surface area contributed by atoms with E-state index in [1.165, 1.54) is 0 Å². The lowest BCUT2D eigenvalue weighted by Crippen LogP contribution is -2.28. The van der Waals surface area contributed by atoms with Crippen LogP contribution in [0.25, 0.3) is 5.69 Å². The Balaban J connectivity index is 1.48. The van der Waals surface area contributed by atoms with Crippen LogP contribution < -0.4 is 11.1 Å². The molecule has 1 heterocycles. The fraction of sp³-hybridized carbons (Fsp3) is 0.267. The molecule has 4 N–H and O–H groups in total. The molecule has 3 aromatic carbocycles. The summed E-state index contributed by atoms with van der Waals surface area (Å²) in [6.07, 6.45) is -1.05. The summed E-state index contributed by atoms with van der Waals surface area (Å²) in [6, 6.07) is 23.4. The summed E-state index contributed by atoms with van der Waals surface area (Å²) >= 11 is 0. The van der Waals surface area contributed by atoms with Gasteiger partial charge in [-0.3, -0.25) is 4.79 Å². The van der Waals surface area contributed by atoms with Gasteiger partial charge in [0.15, 0.2) is 5.69 Å². The number of nitrogens with one attached hydrogen (secondary N) is 1. The summed E-state index contributed by atoms with van der Waals surface area (Å²) in [6.45, 7) is 0.181. The maximum absolute atomic E-state index is 13.6. The number of carbonyl (C=O) groups is 1. The molecule has 0 spiro atoms. The van der Waals surface area contributed by atoms with Crippen molar-refractivity contribution in [3.63, 3.8) is 0 Å². The van der Waals surface area contributed by atoms with Crippen LogP contribution in [0, 0.1) is 5.92 Å². The largest absolute Gasteiger partial charge is 0.435 e. The summed E-state index contributed by atoms with van der Waals surface area (Å²) < 4.78 is 41.6. The Hall–Kier alpha value is -3.95. The predicted octanol–water partition coefficient (Wildman–Crippen LogP) is 6.03. The number of alkyl halides is 3. The fourth-order valence-corrected chi connectivity index (χ4v) is 4.73. The molecular formula is C30H29F3N4O2. The van der Waals surface area contributed by atoms with Gasteiger partial charge in [0.25, 0.3) is 5.91 Å². The van der Waals surface area contributed by atoms with Crippen molar-refractivity contribution in [1.82, 2.24) is 9.78 Å². The number of rotatable bonds is 9. The van der Waals surface area contributed by atoms with Crippen LogP contribution >= 0.6 is 0 Å². The monoisotopic (exact) mass is 534 g/mol. The molecule has 1 fully saturated rings. The van der Waals surface area contributed by atoms with Crippen molar-refractivity contribution in [3.05, 3.63) is 113 Å². The van der Waals surface area contributed by atoms with E-state index in [0.29, 0.717) is 29.2 Å². The number of amides is 1. The van der Waals surface area contributed by atoms with Crippen LogP contribution in [-0.2, 0) is 18.3 Å². The van der Waals surface area contributed by atoms with E-state index in [-0.39, 0.29) is 17.9 Å². The minimum absolute atomic E-state index is 0.181. The number of anilines is 1. The summed E-state index contributed by atoms with van der Waals surface area (Å²) in [4.78, 5) is 13.3. The minimum Gasteiger partial charge on any atom is -0.380 e. The predicted molar refractivity (Wildman–Crippen MR) is 142 cm³/mol. The third-order valence-corrected chi connectivity index (χ3v) is 7.08. The number of aromatic nitrogens is 2. The molecule has 4 aromatic rings. The molecule has 0 radical (unpaired) electrons. The number of hydrogen-bond acceptors (Lipinski definition) is 4. The van der Waals surface area contributed by atoms with Gasteiger partial charge in [-0.1, -0.05) is 67.4 Å². The highest BCUT2D eigenvalue weighted by Crippen LogP contribution is 2.41. The molecule has 1 saturated carbocycles. The van der Waals surface area contributed by atoms with E-state index in [1.807, 2.05) is 30.3 Å². The molecule has 0 saturated heterocycles. The zero-order valence-corrected chi connectivity index (χ0v) is 21.2. The van der Waals surface area contributed by atoms with Crippen LogP contribution in [0.4, 0.5) is 18.9 Å². The van der Waals surface area contributed by atoms with E-state index in [4.69, 9.17) is 5.73 Å². The molecule has 0 aliphatic heterocycles. The quantitative estimate of drug-likeness (QED) is 0.245. The molecule has 1 aliphatic rings. The molecule has 1 amide bonds. The molecule has 1 atom stereocenters. The van der Waals surface area contributed by atoms with E-state index < -0.39 is 23.4 Å². The van der Waals surface area contributed by atoms with Crippen molar-refractivity contribution >= 4 is 11.6 Å². The summed E-state index contributed by atoms with van der Waals surface area (Å²) in [5.41, 5.74) is 5.59. The van der Waals surface area contributed by atoms with Crippen molar-refractivity contribution in [2.24, 2.45) is 11.7 Å². The van der Waals surface area contributed by atoms with Crippen LogP contribution in [0.15, 0.2) is 84.9 Å². The smallest absolute Gasteiger partial charge is 0.380 e. The molecule has 1 unspecified atom stereocenters. The van der Waals surface area contributed by atoms with Gasteiger partial charge in [0.1, 0.15) is 11.3 Å². The van der Waals surface area contributed by atoms with Crippen LogP contribution in [0.3, 0.4) is 0 Å². The van der Waals surface area contributed by atoms with Crippen molar-refractivity contribution in [2.75, 3.05) is 5.32 Å². The first-order valence-corrected chi connectivity index (χ1v) is 12.8. The van der Waals surface area contributed by atoms with Gasteiger partial charge in [0.05, 0.1) is 5.69 Å². The fourth-order valence-electron chi connectivity index (χ4n) is 4.73. The van der Waals surface area contributed by atoms with Gasteiger partial charge in [-0.15, -0.1) is 0 Å². The molecule has 39 heavy (non-hydrogen) atoms. The van der Waals surface area contributed by atoms with Gasteiger partial charge >= 0.3 is 6.18 Å². The first-order chi connectivity index (χ1) is 18.7. The van der Waals surface area contributed by atoms with E-state index in [2.05, 4.69) is 10.4 Å². The van der Waals surface area contributed by atoms with Crippen LogP contribution in [0.1, 0.15) is 58.6 Å². The lowest BCUT2D eigenvalue weighted by Gasteiger charge is -2.30. The lowest BCUT2D eigenvalue weighted by molar-refractivity contribution is -0.141. The zero-order chi connectivity index (χ0) is 27.6. The number of aliphatic hydroxyl groups is 1. The van der Waals surface area contributed by atoms with E-state index in [9.17, 15) is 23.1 Å². The number of halogens is 3. The second-order valence-electron chi connectivity index (χ2n) is 9.94. The number of hydrogen-bond donors (Lipinski definition) is 3. The Morgan fingerprint density at radius 3 is 2.38 bits per heavy atom.